The lowest BCUT2D eigenvalue weighted by atomic mass is 9.94. The molecule has 16 heavy (non-hydrogen) atoms. The maximum Gasteiger partial charge on any atom is 0.248 e. The lowest BCUT2D eigenvalue weighted by Crippen LogP contribution is -2.65. The molecule has 1 fully saturated rings. The Labute approximate surface area is 96.1 Å². The molecule has 92 valence electrons. The van der Waals surface area contributed by atoms with Crippen molar-refractivity contribution in [2.75, 3.05) is 26.3 Å². The molecule has 1 rings (SSSR count). The zero-order chi connectivity index (χ0) is 12.2. The number of nitrogens with one attached hydrogen (secondary N) is 1. The first-order valence-corrected chi connectivity index (χ1v) is 5.71. The molecular formula is C11H20N2O3. The van der Waals surface area contributed by atoms with Gasteiger partial charge in [-0.2, -0.15) is 0 Å². The number of hydrogen-bond donors (Lipinski definition) is 1. The van der Waals surface area contributed by atoms with Crippen molar-refractivity contribution in [1.29, 1.82) is 0 Å². The molecule has 1 unspecified atom stereocenters. The van der Waals surface area contributed by atoms with Crippen molar-refractivity contribution in [2.45, 2.75) is 32.7 Å². The summed E-state index contributed by atoms with van der Waals surface area (Å²) in [6.45, 7) is 7.29. The molecule has 2 amide bonds. The highest BCUT2D eigenvalue weighted by molar-refractivity contribution is 5.97. The molecule has 1 atom stereocenters. The Balaban J connectivity index is 2.63. The summed E-state index contributed by atoms with van der Waals surface area (Å²) >= 11 is 0. The van der Waals surface area contributed by atoms with Gasteiger partial charge in [0.2, 0.25) is 11.8 Å². The van der Waals surface area contributed by atoms with E-state index in [9.17, 15) is 9.59 Å². The zero-order valence-corrected chi connectivity index (χ0v) is 10.2. The summed E-state index contributed by atoms with van der Waals surface area (Å²) in [5, 5.41) is 2.74. The molecule has 0 spiro atoms. The molecule has 1 heterocycles. The molecular weight excluding hydrogens is 208 g/mol. The third kappa shape index (κ3) is 2.72. The molecule has 1 N–H and O–H groups in total. The van der Waals surface area contributed by atoms with E-state index in [-0.39, 0.29) is 18.4 Å². The first kappa shape index (κ1) is 13.0. The van der Waals surface area contributed by atoms with E-state index >= 15 is 0 Å². The van der Waals surface area contributed by atoms with Crippen LogP contribution < -0.4 is 5.32 Å². The number of ether oxygens (including phenoxy) is 1. The monoisotopic (exact) mass is 228 g/mol. The predicted molar refractivity (Wildman–Crippen MR) is 59.9 cm³/mol. The first-order valence-electron chi connectivity index (χ1n) is 5.71. The molecule has 0 aromatic carbocycles. The maximum absolute atomic E-state index is 12.1. The van der Waals surface area contributed by atoms with Crippen LogP contribution in [0.4, 0.5) is 0 Å². The second-order valence-corrected chi connectivity index (χ2v) is 4.16. The van der Waals surface area contributed by atoms with Crippen LogP contribution in [0.5, 0.6) is 0 Å². The van der Waals surface area contributed by atoms with E-state index in [1.807, 2.05) is 13.8 Å². The number of nitrogens with zero attached hydrogens (tertiary/aromatic N) is 1. The van der Waals surface area contributed by atoms with Gasteiger partial charge in [-0.15, -0.1) is 0 Å². The van der Waals surface area contributed by atoms with Crippen LogP contribution in [-0.2, 0) is 14.3 Å². The van der Waals surface area contributed by atoms with Gasteiger partial charge in [0, 0.05) is 13.2 Å². The van der Waals surface area contributed by atoms with Crippen molar-refractivity contribution >= 4 is 11.8 Å². The van der Waals surface area contributed by atoms with Crippen molar-refractivity contribution in [3.63, 3.8) is 0 Å². The molecule has 0 saturated carbocycles. The minimum absolute atomic E-state index is 0.0192. The number of hydrogen-bond acceptors (Lipinski definition) is 3. The average Bonchev–Trinajstić information content (AvgIpc) is 2.25. The topological polar surface area (TPSA) is 58.6 Å². The summed E-state index contributed by atoms with van der Waals surface area (Å²) in [7, 11) is 0. The molecule has 1 aliphatic heterocycles. The Kier molecular flexibility index (Phi) is 4.29. The van der Waals surface area contributed by atoms with E-state index in [2.05, 4.69) is 5.32 Å². The number of amides is 2. The molecule has 0 aromatic rings. The van der Waals surface area contributed by atoms with Crippen LogP contribution in [0, 0.1) is 0 Å². The van der Waals surface area contributed by atoms with Gasteiger partial charge in [0.05, 0.1) is 13.2 Å². The Morgan fingerprint density at radius 2 is 2.12 bits per heavy atom. The van der Waals surface area contributed by atoms with Gasteiger partial charge in [0.1, 0.15) is 5.54 Å². The Morgan fingerprint density at radius 1 is 1.44 bits per heavy atom. The second kappa shape index (κ2) is 5.30. The minimum Gasteiger partial charge on any atom is -0.380 e. The standard InChI is InChI=1S/C11H20N2O3/c1-4-11(3)10(15)13(6-7-16-5-2)8-9(14)12-11/h4-8H2,1-3H3,(H,12,14). The van der Waals surface area contributed by atoms with Gasteiger partial charge < -0.3 is 15.0 Å². The van der Waals surface area contributed by atoms with E-state index in [1.54, 1.807) is 11.8 Å². The van der Waals surface area contributed by atoms with Gasteiger partial charge in [-0.05, 0) is 20.3 Å². The van der Waals surface area contributed by atoms with Gasteiger partial charge >= 0.3 is 0 Å². The van der Waals surface area contributed by atoms with E-state index in [4.69, 9.17) is 4.74 Å². The van der Waals surface area contributed by atoms with Crippen LogP contribution in [0.1, 0.15) is 27.2 Å². The normalized spacial score (nSPS) is 25.8. The van der Waals surface area contributed by atoms with Crippen LogP contribution in [0.15, 0.2) is 0 Å². The van der Waals surface area contributed by atoms with Crippen molar-refractivity contribution < 1.29 is 14.3 Å². The van der Waals surface area contributed by atoms with Gasteiger partial charge in [-0.3, -0.25) is 9.59 Å². The summed E-state index contributed by atoms with van der Waals surface area (Å²) in [4.78, 5) is 25.1. The van der Waals surface area contributed by atoms with Gasteiger partial charge in [0.15, 0.2) is 0 Å². The van der Waals surface area contributed by atoms with Crippen molar-refractivity contribution in [2.24, 2.45) is 0 Å². The Bertz CT molecular complexity index is 280. The van der Waals surface area contributed by atoms with Gasteiger partial charge in [0.25, 0.3) is 0 Å². The molecule has 0 bridgehead atoms. The average molecular weight is 228 g/mol. The fraction of sp³-hybridized carbons (Fsp3) is 0.818. The Hall–Kier alpha value is -1.10. The number of carbonyl (C=O) groups excluding carboxylic acids is 2. The van der Waals surface area contributed by atoms with E-state index in [0.29, 0.717) is 26.2 Å². The number of rotatable bonds is 5. The van der Waals surface area contributed by atoms with Crippen LogP contribution in [0.2, 0.25) is 0 Å². The number of piperazine rings is 1. The van der Waals surface area contributed by atoms with Crippen LogP contribution in [-0.4, -0.2) is 48.6 Å². The van der Waals surface area contributed by atoms with Crippen LogP contribution in [0.3, 0.4) is 0 Å². The Morgan fingerprint density at radius 3 is 2.69 bits per heavy atom. The molecule has 1 saturated heterocycles. The fourth-order valence-corrected chi connectivity index (χ4v) is 1.73. The van der Waals surface area contributed by atoms with E-state index in [1.165, 1.54) is 0 Å². The fourth-order valence-electron chi connectivity index (χ4n) is 1.73. The molecule has 1 aliphatic rings. The summed E-state index contributed by atoms with van der Waals surface area (Å²) in [5.74, 6) is -0.116. The lowest BCUT2D eigenvalue weighted by Gasteiger charge is -2.39. The van der Waals surface area contributed by atoms with Crippen molar-refractivity contribution in [3.8, 4) is 0 Å². The molecule has 0 radical (unpaired) electrons. The minimum atomic E-state index is -0.748. The van der Waals surface area contributed by atoms with E-state index < -0.39 is 5.54 Å². The smallest absolute Gasteiger partial charge is 0.248 e. The van der Waals surface area contributed by atoms with Crippen molar-refractivity contribution in [1.82, 2.24) is 10.2 Å². The quantitative estimate of drug-likeness (QED) is 0.681. The highest BCUT2D eigenvalue weighted by Gasteiger charge is 2.41. The highest BCUT2D eigenvalue weighted by Crippen LogP contribution is 2.17. The van der Waals surface area contributed by atoms with E-state index in [0.717, 1.165) is 0 Å². The van der Waals surface area contributed by atoms with Crippen LogP contribution >= 0.6 is 0 Å². The maximum atomic E-state index is 12.1. The predicted octanol–water partition coefficient (Wildman–Crippen LogP) is 0.150. The molecule has 5 nitrogen and oxygen atoms in total. The summed E-state index contributed by atoms with van der Waals surface area (Å²) < 4.78 is 5.20. The first-order chi connectivity index (χ1) is 7.53. The third-order valence-electron chi connectivity index (χ3n) is 2.93. The molecule has 0 aliphatic carbocycles. The largest absolute Gasteiger partial charge is 0.380 e. The zero-order valence-electron chi connectivity index (χ0n) is 10.2. The van der Waals surface area contributed by atoms with Gasteiger partial charge in [-0.25, -0.2) is 0 Å². The van der Waals surface area contributed by atoms with Crippen LogP contribution in [0.25, 0.3) is 0 Å². The second-order valence-electron chi connectivity index (χ2n) is 4.16. The number of carbonyl (C=O) groups is 2. The lowest BCUT2D eigenvalue weighted by molar-refractivity contribution is -0.150. The summed E-state index contributed by atoms with van der Waals surface area (Å²) in [5.41, 5.74) is -0.748. The van der Waals surface area contributed by atoms with Gasteiger partial charge in [-0.1, -0.05) is 6.92 Å². The SMILES string of the molecule is CCOCCN1CC(=O)NC(C)(CC)C1=O. The summed E-state index contributed by atoms with van der Waals surface area (Å²) in [6, 6.07) is 0. The van der Waals surface area contributed by atoms with Crippen molar-refractivity contribution in [3.05, 3.63) is 0 Å². The highest BCUT2D eigenvalue weighted by atomic mass is 16.5. The third-order valence-corrected chi connectivity index (χ3v) is 2.93. The summed E-state index contributed by atoms with van der Waals surface area (Å²) in [6.07, 6.45) is 0.600. The molecule has 0 aromatic heterocycles. The molecule has 5 heteroatoms.